The Morgan fingerprint density at radius 2 is 1.76 bits per heavy atom. The maximum absolute atomic E-state index is 14.2. The summed E-state index contributed by atoms with van der Waals surface area (Å²) in [5, 5.41) is 27.5. The second-order valence-corrected chi connectivity index (χ2v) is 12.0. The number of aliphatic hydroxyl groups excluding tert-OH is 2. The zero-order valence-electron chi connectivity index (χ0n) is 18.4. The predicted octanol–water partition coefficient (Wildman–Crippen LogP) is 2.05. The first-order valence-corrected chi connectivity index (χ1v) is 13.3. The number of likely N-dealkylation sites (N-methyl/N-ethyl adjacent to an activating group) is 1. The topological polar surface area (TPSA) is 109 Å². The second-order valence-electron chi connectivity index (χ2n) is 9.39. The highest BCUT2D eigenvalue weighted by atomic mass is 33.1. The summed E-state index contributed by atoms with van der Waals surface area (Å²) in [5.41, 5.74) is 2.28. The van der Waals surface area contributed by atoms with Crippen LogP contribution in [0.25, 0.3) is 10.9 Å². The molecule has 4 N–H and O–H groups in total. The number of H-pyrrole nitrogens is 1. The van der Waals surface area contributed by atoms with Gasteiger partial charge in [0.1, 0.15) is 12.3 Å². The highest BCUT2D eigenvalue weighted by Crippen LogP contribution is 2.70. The number of aromatic amines is 1. The van der Waals surface area contributed by atoms with Gasteiger partial charge < -0.3 is 25.4 Å². The molecule has 5 aliphatic rings. The van der Waals surface area contributed by atoms with Gasteiger partial charge in [-0.2, -0.15) is 0 Å². The van der Waals surface area contributed by atoms with Crippen LogP contribution in [0.3, 0.4) is 0 Å². The molecule has 6 atom stereocenters. The Kier molecular flexibility index (Phi) is 3.84. The molecule has 0 aliphatic carbocycles. The maximum Gasteiger partial charge on any atom is 0.266 e. The molecule has 1 aromatic heterocycles. The third-order valence-electron chi connectivity index (χ3n) is 8.05. The number of piperazine rings is 1. The molecule has 8 rings (SSSR count). The van der Waals surface area contributed by atoms with E-state index in [1.165, 1.54) is 27.5 Å². The average Bonchev–Trinajstić information content (AvgIpc) is 3.46. The van der Waals surface area contributed by atoms with Gasteiger partial charge >= 0.3 is 0 Å². The number of nitrogens with zero attached hydrogens (tertiary/aromatic N) is 2. The summed E-state index contributed by atoms with van der Waals surface area (Å²) < 4.78 is 0. The van der Waals surface area contributed by atoms with Gasteiger partial charge in [-0.15, -0.1) is 0 Å². The third-order valence-corrected chi connectivity index (χ3v) is 11.8. The van der Waals surface area contributed by atoms with E-state index in [-0.39, 0.29) is 11.8 Å². The zero-order valence-corrected chi connectivity index (χ0v) is 20.0. The molecule has 2 amide bonds. The van der Waals surface area contributed by atoms with E-state index in [1.54, 1.807) is 7.05 Å². The van der Waals surface area contributed by atoms with Crippen molar-refractivity contribution in [2.45, 2.75) is 40.5 Å². The lowest BCUT2D eigenvalue weighted by atomic mass is 9.70. The van der Waals surface area contributed by atoms with Crippen molar-refractivity contribution in [1.82, 2.24) is 14.8 Å². The van der Waals surface area contributed by atoms with Crippen LogP contribution in [0.4, 0.5) is 5.69 Å². The largest absolute Gasteiger partial charge is 0.389 e. The first-order valence-electron chi connectivity index (χ1n) is 11.1. The van der Waals surface area contributed by atoms with E-state index in [0.29, 0.717) is 0 Å². The molecule has 5 aliphatic heterocycles. The number of aromatic nitrogens is 1. The normalized spacial score (nSPS) is 36.5. The minimum atomic E-state index is -1.53. The number of benzene rings is 2. The van der Waals surface area contributed by atoms with E-state index in [0.717, 1.165) is 38.5 Å². The third kappa shape index (κ3) is 1.90. The van der Waals surface area contributed by atoms with E-state index in [4.69, 9.17) is 0 Å². The number of para-hydroxylation sites is 2. The Balaban J connectivity index is 1.57. The molecule has 0 unspecified atom stereocenters. The van der Waals surface area contributed by atoms with Crippen molar-refractivity contribution >= 4 is 50.0 Å². The van der Waals surface area contributed by atoms with E-state index in [2.05, 4.69) is 10.3 Å². The maximum atomic E-state index is 14.2. The fraction of sp³-hybridized carbons (Fsp3) is 0.333. The fourth-order valence-electron chi connectivity index (χ4n) is 6.49. The zero-order chi connectivity index (χ0) is 23.6. The molecule has 10 heteroatoms. The van der Waals surface area contributed by atoms with Crippen LogP contribution in [0.1, 0.15) is 18.1 Å². The summed E-state index contributed by atoms with van der Waals surface area (Å²) in [7, 11) is 3.89. The summed E-state index contributed by atoms with van der Waals surface area (Å²) in [6.07, 6.45) is -1.18. The predicted molar refractivity (Wildman–Crippen MR) is 131 cm³/mol. The van der Waals surface area contributed by atoms with Crippen molar-refractivity contribution in [2.24, 2.45) is 0 Å². The van der Waals surface area contributed by atoms with Crippen molar-refractivity contribution in [1.29, 1.82) is 0 Å². The minimum absolute atomic E-state index is 0.376. The molecule has 0 saturated carbocycles. The molecule has 4 fully saturated rings. The monoisotopic (exact) mass is 494 g/mol. The quantitative estimate of drug-likeness (QED) is 0.404. The summed E-state index contributed by atoms with van der Waals surface area (Å²) in [6.45, 7) is 1.53. The number of anilines is 1. The number of rotatable bonds is 2. The van der Waals surface area contributed by atoms with Gasteiger partial charge in [0.25, 0.3) is 11.8 Å². The van der Waals surface area contributed by atoms with Crippen LogP contribution < -0.4 is 5.32 Å². The van der Waals surface area contributed by atoms with Crippen LogP contribution in [0, 0.1) is 0 Å². The molecule has 0 radical (unpaired) electrons. The van der Waals surface area contributed by atoms with Crippen molar-refractivity contribution in [3.63, 3.8) is 0 Å². The van der Waals surface area contributed by atoms with E-state index in [1.807, 2.05) is 54.7 Å². The number of fused-ring (bicyclic) bond motifs is 6. The van der Waals surface area contributed by atoms with Gasteiger partial charge in [0.05, 0.1) is 11.5 Å². The smallest absolute Gasteiger partial charge is 0.266 e. The molecule has 3 aromatic rings. The van der Waals surface area contributed by atoms with Crippen molar-refractivity contribution in [3.8, 4) is 0 Å². The minimum Gasteiger partial charge on any atom is -0.389 e. The van der Waals surface area contributed by atoms with Crippen molar-refractivity contribution in [3.05, 3.63) is 65.9 Å². The van der Waals surface area contributed by atoms with Gasteiger partial charge in [0.15, 0.2) is 0 Å². The Morgan fingerprint density at radius 3 is 2.56 bits per heavy atom. The van der Waals surface area contributed by atoms with Crippen LogP contribution in [0.2, 0.25) is 0 Å². The molecule has 4 saturated heterocycles. The molecule has 34 heavy (non-hydrogen) atoms. The Morgan fingerprint density at radius 1 is 1.03 bits per heavy atom. The lowest BCUT2D eigenvalue weighted by Gasteiger charge is -2.59. The molecule has 174 valence electrons. The van der Waals surface area contributed by atoms with Gasteiger partial charge in [-0.25, -0.2) is 0 Å². The lowest BCUT2D eigenvalue weighted by molar-refractivity contribution is -0.172. The van der Waals surface area contributed by atoms with Crippen LogP contribution in [-0.2, 0) is 15.0 Å². The number of hydrogen-bond donors (Lipinski definition) is 4. The van der Waals surface area contributed by atoms with Crippen LogP contribution in [0.15, 0.2) is 54.7 Å². The number of amides is 2. The number of nitrogens with one attached hydrogen (secondary N) is 2. The summed E-state index contributed by atoms with van der Waals surface area (Å²) in [4.78, 5) is 31.3. The first kappa shape index (κ1) is 20.7. The summed E-state index contributed by atoms with van der Waals surface area (Å²) in [6, 6.07) is 15.5. The number of carbonyl (C=O) groups excluding carboxylic acids is 2. The molecule has 2 aromatic carbocycles. The number of carbonyl (C=O) groups is 2. The highest BCUT2D eigenvalue weighted by molar-refractivity contribution is 8.78. The van der Waals surface area contributed by atoms with E-state index < -0.39 is 33.5 Å². The molecular weight excluding hydrogens is 472 g/mol. The lowest BCUT2D eigenvalue weighted by Crippen LogP contribution is -2.80. The number of aliphatic hydroxyl groups is 2. The van der Waals surface area contributed by atoms with Gasteiger partial charge in [-0.3, -0.25) is 14.5 Å². The summed E-state index contributed by atoms with van der Waals surface area (Å²) in [5.74, 6) is -0.753. The number of hydrogen-bond acceptors (Lipinski definition) is 7. The van der Waals surface area contributed by atoms with Crippen LogP contribution in [-0.4, -0.2) is 72.0 Å². The molecule has 2 bridgehead atoms. The van der Waals surface area contributed by atoms with Crippen LogP contribution >= 0.6 is 21.6 Å². The first-order chi connectivity index (χ1) is 16.3. The molecule has 8 nitrogen and oxygen atoms in total. The Bertz CT molecular complexity index is 1410. The van der Waals surface area contributed by atoms with Gasteiger partial charge in [0, 0.05) is 29.8 Å². The molecule has 1 spiro atoms. The summed E-state index contributed by atoms with van der Waals surface area (Å²) >= 11 is 0. The average molecular weight is 495 g/mol. The van der Waals surface area contributed by atoms with Gasteiger partial charge in [-0.05, 0) is 51.8 Å². The highest BCUT2D eigenvalue weighted by Gasteiger charge is 2.83. The molecular formula is C24H22N4O4S2. The van der Waals surface area contributed by atoms with E-state index in [9.17, 15) is 19.8 Å². The Hall–Kier alpha value is -2.66. The van der Waals surface area contributed by atoms with Gasteiger partial charge in [-0.1, -0.05) is 36.4 Å². The van der Waals surface area contributed by atoms with Crippen LogP contribution in [0.5, 0.6) is 0 Å². The second kappa shape index (κ2) is 6.31. The standard InChI is InChI=1S/C24H22N4O4S2/c1-12(29)23-21(32)28-19-22(14-8-4-6-10-17(14)26-19,15-11-25-16-9-5-3-7-13(15)16)18(30)24(28,34-33-23)20(31)27(23)2/h3-12,18-19,25-26,29-30H,1-2H3/t12-,18-,19+,22+,23-,24-/m1/s1. The fourth-order valence-corrected chi connectivity index (χ4v) is 10.5. The van der Waals surface area contributed by atoms with Crippen molar-refractivity contribution in [2.75, 3.05) is 12.4 Å². The van der Waals surface area contributed by atoms with E-state index >= 15 is 0 Å². The van der Waals surface area contributed by atoms with Gasteiger partial charge in [0.2, 0.25) is 9.74 Å². The Labute approximate surface area is 203 Å². The van der Waals surface area contributed by atoms with Crippen molar-refractivity contribution < 1.29 is 19.8 Å². The molecule has 6 heterocycles. The SMILES string of the molecule is C[C@@H](O)[C@]12SS[C@@]3(C(=O)N1C)[C@H](O)[C@@]1(c4c[nH]c5ccccc45)c4ccccc4N[C@H]1N3C2=O.